The van der Waals surface area contributed by atoms with Crippen LogP contribution in [0.3, 0.4) is 0 Å². The molecule has 4 aromatic rings. The van der Waals surface area contributed by atoms with E-state index in [1.54, 1.807) is 28.8 Å². The lowest BCUT2D eigenvalue weighted by Gasteiger charge is -2.11. The quantitative estimate of drug-likeness (QED) is 0.342. The molecule has 0 saturated carbocycles. The van der Waals surface area contributed by atoms with E-state index >= 15 is 0 Å². The van der Waals surface area contributed by atoms with Gasteiger partial charge in [-0.05, 0) is 49.4 Å². The Kier molecular flexibility index (Phi) is 7.20. The van der Waals surface area contributed by atoms with Crippen LogP contribution in [0.1, 0.15) is 15.9 Å². The largest absolute Gasteiger partial charge is 0.468 e. The molecule has 35 heavy (non-hydrogen) atoms. The summed E-state index contributed by atoms with van der Waals surface area (Å²) in [5.74, 6) is -1.15. The summed E-state index contributed by atoms with van der Waals surface area (Å²) in [5.41, 5.74) is 1.81. The number of para-hydroxylation sites is 1. The molecule has 0 bridgehead atoms. The number of hydrogen-bond acceptors (Lipinski definition) is 6. The number of rotatable bonds is 6. The third-order valence-electron chi connectivity index (χ3n) is 5.09. The summed E-state index contributed by atoms with van der Waals surface area (Å²) in [7, 11) is -2.64. The highest BCUT2D eigenvalue weighted by molar-refractivity contribution is 9.10. The third-order valence-corrected chi connectivity index (χ3v) is 8.01. The van der Waals surface area contributed by atoms with Crippen molar-refractivity contribution in [3.05, 3.63) is 87.1 Å². The second kappa shape index (κ2) is 10.1. The van der Waals surface area contributed by atoms with Crippen LogP contribution in [0.15, 0.2) is 81.1 Å². The van der Waals surface area contributed by atoms with Gasteiger partial charge in [0.1, 0.15) is 6.54 Å². The molecule has 1 aromatic heterocycles. The van der Waals surface area contributed by atoms with Crippen molar-refractivity contribution >= 4 is 65.1 Å². The normalized spacial score (nSPS) is 12.0. The molecule has 180 valence electrons. The maximum absolute atomic E-state index is 13.2. The van der Waals surface area contributed by atoms with E-state index in [0.717, 1.165) is 14.7 Å². The number of sulfonamides is 1. The molecular weight excluding hydrogens is 554 g/mol. The minimum Gasteiger partial charge on any atom is -0.468 e. The minimum absolute atomic E-state index is 0.0754. The van der Waals surface area contributed by atoms with E-state index in [4.69, 9.17) is 4.74 Å². The predicted octanol–water partition coefficient (Wildman–Crippen LogP) is 4.49. The van der Waals surface area contributed by atoms with E-state index in [-0.39, 0.29) is 27.5 Å². The van der Waals surface area contributed by atoms with Crippen molar-refractivity contribution in [3.8, 4) is 0 Å². The number of thiazole rings is 1. The number of carbonyl (C=O) groups excluding carboxylic acids is 2. The molecule has 4 rings (SSSR count). The van der Waals surface area contributed by atoms with E-state index in [2.05, 4.69) is 25.6 Å². The highest BCUT2D eigenvalue weighted by Gasteiger charge is 2.19. The van der Waals surface area contributed by atoms with Gasteiger partial charge in [-0.3, -0.25) is 14.3 Å². The molecule has 0 aliphatic heterocycles. The number of nitrogens with one attached hydrogen (secondary N) is 1. The number of hydrogen-bond donors (Lipinski definition) is 1. The van der Waals surface area contributed by atoms with Crippen molar-refractivity contribution in [1.82, 2.24) is 4.57 Å². The molecule has 0 spiro atoms. The van der Waals surface area contributed by atoms with Crippen molar-refractivity contribution in [1.29, 1.82) is 0 Å². The average molecular weight is 574 g/mol. The van der Waals surface area contributed by atoms with Gasteiger partial charge in [-0.15, -0.1) is 0 Å². The fourth-order valence-electron chi connectivity index (χ4n) is 3.31. The zero-order valence-electron chi connectivity index (χ0n) is 18.7. The molecule has 0 atom stereocenters. The van der Waals surface area contributed by atoms with E-state index in [9.17, 15) is 18.0 Å². The summed E-state index contributed by atoms with van der Waals surface area (Å²) in [4.78, 5) is 29.8. The molecule has 0 aliphatic carbocycles. The number of amides is 1. The number of esters is 1. The van der Waals surface area contributed by atoms with Crippen molar-refractivity contribution < 1.29 is 22.7 Å². The summed E-state index contributed by atoms with van der Waals surface area (Å²) in [6.45, 7) is 1.73. The van der Waals surface area contributed by atoms with Crippen LogP contribution in [0.4, 0.5) is 5.69 Å². The first-order valence-electron chi connectivity index (χ1n) is 10.3. The van der Waals surface area contributed by atoms with Gasteiger partial charge in [0.05, 0.1) is 33.5 Å². The number of benzene rings is 3. The molecule has 0 aliphatic rings. The summed E-state index contributed by atoms with van der Waals surface area (Å²) in [6, 6.07) is 18.1. The summed E-state index contributed by atoms with van der Waals surface area (Å²) >= 11 is 4.65. The van der Waals surface area contributed by atoms with E-state index in [0.29, 0.717) is 5.52 Å². The number of carbonyl (C=O) groups is 2. The molecule has 0 radical (unpaired) electrons. The zero-order chi connectivity index (χ0) is 25.2. The number of aromatic nitrogens is 1. The number of ether oxygens (including phenoxy) is 1. The molecule has 11 heteroatoms. The smallest absolute Gasteiger partial charge is 0.325 e. The van der Waals surface area contributed by atoms with Crippen LogP contribution in [0.5, 0.6) is 0 Å². The van der Waals surface area contributed by atoms with E-state index < -0.39 is 21.9 Å². The van der Waals surface area contributed by atoms with Gasteiger partial charge < -0.3 is 9.30 Å². The maximum atomic E-state index is 13.2. The molecule has 1 N–H and O–H groups in total. The number of halogens is 1. The van der Waals surface area contributed by atoms with Crippen LogP contribution >= 0.6 is 27.3 Å². The Labute approximate surface area is 214 Å². The van der Waals surface area contributed by atoms with Crippen LogP contribution in [0.25, 0.3) is 10.2 Å². The summed E-state index contributed by atoms with van der Waals surface area (Å²) in [5, 5.41) is 0. The highest BCUT2D eigenvalue weighted by Crippen LogP contribution is 2.24. The lowest BCUT2D eigenvalue weighted by atomic mass is 10.2. The molecule has 1 amide bonds. The van der Waals surface area contributed by atoms with Crippen molar-refractivity contribution in [3.63, 3.8) is 0 Å². The molecule has 0 saturated heterocycles. The first kappa shape index (κ1) is 24.8. The summed E-state index contributed by atoms with van der Waals surface area (Å²) in [6.07, 6.45) is 0. The lowest BCUT2D eigenvalue weighted by molar-refractivity contribution is -0.141. The van der Waals surface area contributed by atoms with Gasteiger partial charge in [0.25, 0.3) is 15.9 Å². The number of nitrogens with zero attached hydrogens (tertiary/aromatic N) is 2. The van der Waals surface area contributed by atoms with Crippen molar-refractivity contribution in [2.45, 2.75) is 18.4 Å². The Hall–Kier alpha value is -3.28. The molecule has 8 nitrogen and oxygen atoms in total. The monoisotopic (exact) mass is 573 g/mol. The second-order valence-electron chi connectivity index (χ2n) is 7.54. The van der Waals surface area contributed by atoms with E-state index in [1.165, 1.54) is 42.7 Å². The van der Waals surface area contributed by atoms with Crippen LogP contribution < -0.4 is 9.52 Å². The Balaban J connectivity index is 1.76. The van der Waals surface area contributed by atoms with Crippen LogP contribution in [-0.2, 0) is 26.1 Å². The Morgan fingerprint density at radius 3 is 2.51 bits per heavy atom. The number of aryl methyl sites for hydroxylation is 1. The highest BCUT2D eigenvalue weighted by atomic mass is 79.9. The zero-order valence-corrected chi connectivity index (χ0v) is 21.9. The van der Waals surface area contributed by atoms with Gasteiger partial charge in [0.2, 0.25) is 0 Å². The molecule has 0 fully saturated rings. The number of anilines is 1. The van der Waals surface area contributed by atoms with Crippen LogP contribution in [0, 0.1) is 6.92 Å². The van der Waals surface area contributed by atoms with Gasteiger partial charge in [-0.1, -0.05) is 57.1 Å². The van der Waals surface area contributed by atoms with Crippen molar-refractivity contribution in [2.24, 2.45) is 4.99 Å². The maximum Gasteiger partial charge on any atom is 0.325 e. The average Bonchev–Trinajstić information content (AvgIpc) is 3.14. The number of methoxy groups -OCH3 is 1. The fourth-order valence-corrected chi connectivity index (χ4v) is 5.97. The molecule has 1 heterocycles. The minimum atomic E-state index is -3.92. The molecule has 3 aromatic carbocycles. The molecule has 0 unspecified atom stereocenters. The van der Waals surface area contributed by atoms with Crippen molar-refractivity contribution in [2.75, 3.05) is 11.8 Å². The Morgan fingerprint density at radius 1 is 1.09 bits per heavy atom. The van der Waals surface area contributed by atoms with Gasteiger partial charge in [-0.2, -0.15) is 4.99 Å². The fraction of sp³-hybridized carbons (Fsp3) is 0.125. The second-order valence-corrected chi connectivity index (χ2v) is 11.1. The van der Waals surface area contributed by atoms with Gasteiger partial charge in [0, 0.05) is 4.47 Å². The van der Waals surface area contributed by atoms with Gasteiger partial charge >= 0.3 is 5.97 Å². The third kappa shape index (κ3) is 5.53. The standard InChI is InChI=1S/C24H20BrN3O5S2/c1-15-7-10-17(11-8-15)35(31,32)27-19-6-4-3-5-18(19)23(30)26-24-28(14-22(29)33-2)20-12-9-16(25)13-21(20)34-24/h3-13,27H,14H2,1-2H3. The SMILES string of the molecule is COC(=O)Cn1c(=NC(=O)c2ccccc2NS(=O)(=O)c2ccc(C)cc2)sc2cc(Br)ccc21. The Bertz CT molecular complexity index is 1610. The van der Waals surface area contributed by atoms with Crippen LogP contribution in [0.2, 0.25) is 0 Å². The first-order chi connectivity index (χ1) is 16.7. The summed E-state index contributed by atoms with van der Waals surface area (Å²) < 4.78 is 36.3. The Morgan fingerprint density at radius 2 is 1.80 bits per heavy atom. The first-order valence-corrected chi connectivity index (χ1v) is 13.4. The van der Waals surface area contributed by atoms with E-state index in [1.807, 2.05) is 25.1 Å². The topological polar surface area (TPSA) is 107 Å². The van der Waals surface area contributed by atoms with Crippen LogP contribution in [-0.4, -0.2) is 32.0 Å². The van der Waals surface area contributed by atoms with Gasteiger partial charge in [-0.25, -0.2) is 8.42 Å². The lowest BCUT2D eigenvalue weighted by Crippen LogP contribution is -2.22. The predicted molar refractivity (Wildman–Crippen MR) is 138 cm³/mol. The van der Waals surface area contributed by atoms with Gasteiger partial charge in [0.15, 0.2) is 4.80 Å². The molecular formula is C24H20BrN3O5S2. The number of fused-ring (bicyclic) bond motifs is 1.